The van der Waals surface area contributed by atoms with Gasteiger partial charge in [-0.25, -0.2) is 0 Å². The first-order valence-corrected chi connectivity index (χ1v) is 5.26. The molecule has 0 bridgehead atoms. The lowest BCUT2D eigenvalue weighted by Gasteiger charge is -2.12. The number of hydrogen-bond donors (Lipinski definition) is 2. The maximum absolute atomic E-state index is 10.3. The highest BCUT2D eigenvalue weighted by molar-refractivity contribution is 5.74. The second-order valence-electron chi connectivity index (χ2n) is 3.52. The summed E-state index contributed by atoms with van der Waals surface area (Å²) in [5, 5.41) is 3.31. The molecule has 0 saturated carbocycles. The smallest absolute Gasteiger partial charge is 0.243 e. The fourth-order valence-corrected chi connectivity index (χ4v) is 1.16. The number of hydrogen-bond acceptors (Lipinski definition) is 3. The fraction of sp³-hybridized carbons (Fsp3) is 0.900. The van der Waals surface area contributed by atoms with Crippen LogP contribution in [0.2, 0.25) is 0 Å². The Bertz CT molecular complexity index is 151. The van der Waals surface area contributed by atoms with Gasteiger partial charge in [0.05, 0.1) is 6.61 Å². The molecule has 0 spiro atoms. The van der Waals surface area contributed by atoms with Crippen LogP contribution in [0.4, 0.5) is 0 Å². The van der Waals surface area contributed by atoms with Crippen LogP contribution in [0.3, 0.4) is 0 Å². The lowest BCUT2D eigenvalue weighted by atomic mass is 10.1. The Balaban J connectivity index is 3.14. The van der Waals surface area contributed by atoms with E-state index >= 15 is 0 Å². The second kappa shape index (κ2) is 8.97. The molecule has 0 aliphatic carbocycles. The first kappa shape index (κ1) is 13.4. The zero-order valence-electron chi connectivity index (χ0n) is 9.21. The molecule has 0 heterocycles. The summed E-state index contributed by atoms with van der Waals surface area (Å²) in [6.07, 6.45) is 3.66. The van der Waals surface area contributed by atoms with Crippen LogP contribution in [0.1, 0.15) is 33.1 Å². The maximum atomic E-state index is 10.3. The summed E-state index contributed by atoms with van der Waals surface area (Å²) in [4.78, 5) is 10.3. The minimum atomic E-state index is -0.413. The van der Waals surface area contributed by atoms with Gasteiger partial charge in [-0.3, -0.25) is 4.79 Å². The molecule has 0 radical (unpaired) electrons. The molecule has 3 N–H and O–H groups in total. The van der Waals surface area contributed by atoms with Gasteiger partial charge in [-0.15, -0.1) is 0 Å². The topological polar surface area (TPSA) is 64.3 Å². The highest BCUT2D eigenvalue weighted by Gasteiger charge is 1.99. The number of ether oxygens (including phenoxy) is 1. The number of rotatable bonds is 9. The largest absolute Gasteiger partial charge is 0.370 e. The minimum Gasteiger partial charge on any atom is -0.370 e. The first-order chi connectivity index (χ1) is 6.66. The number of primary amides is 1. The van der Waals surface area contributed by atoms with Crippen molar-refractivity contribution < 1.29 is 9.53 Å². The predicted molar refractivity (Wildman–Crippen MR) is 57.0 cm³/mol. The van der Waals surface area contributed by atoms with Crippen molar-refractivity contribution in [3.8, 4) is 0 Å². The number of nitrogens with one attached hydrogen (secondary N) is 1. The van der Waals surface area contributed by atoms with E-state index < -0.39 is 5.91 Å². The van der Waals surface area contributed by atoms with E-state index in [-0.39, 0.29) is 6.61 Å². The molecule has 4 heteroatoms. The monoisotopic (exact) mass is 202 g/mol. The number of carbonyl (C=O) groups is 1. The van der Waals surface area contributed by atoms with E-state index in [0.29, 0.717) is 12.6 Å². The van der Waals surface area contributed by atoms with E-state index in [4.69, 9.17) is 10.5 Å². The molecule has 84 valence electrons. The average Bonchev–Trinajstić information content (AvgIpc) is 2.13. The van der Waals surface area contributed by atoms with Crippen LogP contribution >= 0.6 is 0 Å². The average molecular weight is 202 g/mol. The Labute approximate surface area is 86.2 Å². The Morgan fingerprint density at radius 3 is 2.86 bits per heavy atom. The van der Waals surface area contributed by atoms with Gasteiger partial charge in [0.15, 0.2) is 0 Å². The molecular weight excluding hydrogens is 180 g/mol. The predicted octanol–water partition coefficient (Wildman–Crippen LogP) is 0.657. The SMILES string of the molecule is CCCCC(C)NCCOCC(N)=O. The number of nitrogens with two attached hydrogens (primary N) is 1. The van der Waals surface area contributed by atoms with Crippen molar-refractivity contribution in [3.63, 3.8) is 0 Å². The standard InChI is InChI=1S/C10H22N2O2/c1-3-4-5-9(2)12-6-7-14-8-10(11)13/h9,12H,3-8H2,1-2H3,(H2,11,13). The van der Waals surface area contributed by atoms with Gasteiger partial charge in [0.2, 0.25) is 5.91 Å². The third-order valence-electron chi connectivity index (χ3n) is 1.97. The van der Waals surface area contributed by atoms with Crippen molar-refractivity contribution in [2.75, 3.05) is 19.8 Å². The van der Waals surface area contributed by atoms with Gasteiger partial charge in [-0.1, -0.05) is 19.8 Å². The van der Waals surface area contributed by atoms with E-state index in [2.05, 4.69) is 19.2 Å². The molecule has 0 saturated heterocycles. The van der Waals surface area contributed by atoms with Crippen LogP contribution in [0.25, 0.3) is 0 Å². The van der Waals surface area contributed by atoms with Crippen molar-refractivity contribution in [2.45, 2.75) is 39.2 Å². The van der Waals surface area contributed by atoms with Gasteiger partial charge >= 0.3 is 0 Å². The van der Waals surface area contributed by atoms with Gasteiger partial charge in [-0.05, 0) is 13.3 Å². The van der Waals surface area contributed by atoms with Crippen LogP contribution < -0.4 is 11.1 Å². The second-order valence-corrected chi connectivity index (χ2v) is 3.52. The van der Waals surface area contributed by atoms with Crippen molar-refractivity contribution >= 4 is 5.91 Å². The summed E-state index contributed by atoms with van der Waals surface area (Å²) >= 11 is 0. The summed E-state index contributed by atoms with van der Waals surface area (Å²) in [6, 6.07) is 0.520. The molecular formula is C10H22N2O2. The zero-order chi connectivity index (χ0) is 10.8. The summed E-state index contributed by atoms with van der Waals surface area (Å²) in [5.74, 6) is -0.413. The molecule has 4 nitrogen and oxygen atoms in total. The van der Waals surface area contributed by atoms with E-state index in [9.17, 15) is 4.79 Å². The van der Waals surface area contributed by atoms with Gasteiger partial charge in [0.25, 0.3) is 0 Å². The lowest BCUT2D eigenvalue weighted by Crippen LogP contribution is -2.30. The molecule has 0 aromatic rings. The molecule has 0 aromatic carbocycles. The van der Waals surface area contributed by atoms with Crippen LogP contribution in [0.5, 0.6) is 0 Å². The third-order valence-corrected chi connectivity index (χ3v) is 1.97. The number of carbonyl (C=O) groups excluding carboxylic acids is 1. The molecule has 0 aliphatic heterocycles. The van der Waals surface area contributed by atoms with Crippen LogP contribution in [-0.2, 0) is 9.53 Å². The number of unbranched alkanes of at least 4 members (excludes halogenated alkanes) is 1. The quantitative estimate of drug-likeness (QED) is 0.540. The van der Waals surface area contributed by atoms with E-state index in [1.165, 1.54) is 19.3 Å². The van der Waals surface area contributed by atoms with Gasteiger partial charge in [-0.2, -0.15) is 0 Å². The Morgan fingerprint density at radius 1 is 1.57 bits per heavy atom. The molecule has 1 amide bonds. The molecule has 0 rings (SSSR count). The highest BCUT2D eigenvalue weighted by Crippen LogP contribution is 1.98. The van der Waals surface area contributed by atoms with Crippen LogP contribution in [0, 0.1) is 0 Å². The molecule has 1 atom stereocenters. The Morgan fingerprint density at radius 2 is 2.29 bits per heavy atom. The van der Waals surface area contributed by atoms with E-state index in [1.54, 1.807) is 0 Å². The summed E-state index contributed by atoms with van der Waals surface area (Å²) in [7, 11) is 0. The molecule has 1 unspecified atom stereocenters. The fourth-order valence-electron chi connectivity index (χ4n) is 1.16. The normalized spacial score (nSPS) is 12.7. The first-order valence-electron chi connectivity index (χ1n) is 5.26. The minimum absolute atomic E-state index is 0.0189. The van der Waals surface area contributed by atoms with Crippen molar-refractivity contribution in [1.29, 1.82) is 0 Å². The summed E-state index contributed by atoms with van der Waals surface area (Å²) < 4.78 is 5.01. The summed E-state index contributed by atoms with van der Waals surface area (Å²) in [5.41, 5.74) is 4.92. The van der Waals surface area contributed by atoms with Crippen molar-refractivity contribution in [3.05, 3.63) is 0 Å². The van der Waals surface area contributed by atoms with Gasteiger partial charge < -0.3 is 15.8 Å². The van der Waals surface area contributed by atoms with Crippen LogP contribution in [-0.4, -0.2) is 31.7 Å². The Hall–Kier alpha value is -0.610. The van der Waals surface area contributed by atoms with Crippen molar-refractivity contribution in [1.82, 2.24) is 5.32 Å². The third kappa shape index (κ3) is 9.48. The van der Waals surface area contributed by atoms with E-state index in [0.717, 1.165) is 6.54 Å². The molecule has 0 aromatic heterocycles. The van der Waals surface area contributed by atoms with E-state index in [1.807, 2.05) is 0 Å². The van der Waals surface area contributed by atoms with Gasteiger partial charge in [0, 0.05) is 12.6 Å². The highest BCUT2D eigenvalue weighted by atomic mass is 16.5. The number of amides is 1. The molecule has 14 heavy (non-hydrogen) atoms. The Kier molecular flexibility index (Phi) is 8.57. The molecule has 0 aliphatic rings. The van der Waals surface area contributed by atoms with Crippen molar-refractivity contribution in [2.24, 2.45) is 5.73 Å². The summed E-state index contributed by atoms with van der Waals surface area (Å²) in [6.45, 7) is 5.68. The molecule has 0 fully saturated rings. The van der Waals surface area contributed by atoms with Gasteiger partial charge in [0.1, 0.15) is 6.61 Å². The zero-order valence-corrected chi connectivity index (χ0v) is 9.21. The van der Waals surface area contributed by atoms with Crippen LogP contribution in [0.15, 0.2) is 0 Å². The maximum Gasteiger partial charge on any atom is 0.243 e. The lowest BCUT2D eigenvalue weighted by molar-refractivity contribution is -0.122.